The number of anilines is 1. The lowest BCUT2D eigenvalue weighted by atomic mass is 10.1. The van der Waals surface area contributed by atoms with Crippen LogP contribution in [0.25, 0.3) is 6.08 Å². The molecule has 2 aromatic carbocycles. The van der Waals surface area contributed by atoms with Gasteiger partial charge in [-0.05, 0) is 29.8 Å². The molecule has 27 heavy (non-hydrogen) atoms. The van der Waals surface area contributed by atoms with Crippen LogP contribution in [0.1, 0.15) is 12.5 Å². The molecule has 1 aliphatic heterocycles. The fourth-order valence-corrected chi connectivity index (χ4v) is 2.49. The number of rotatable bonds is 4. The van der Waals surface area contributed by atoms with Crippen LogP contribution in [-0.2, 0) is 14.4 Å². The van der Waals surface area contributed by atoms with Gasteiger partial charge in [-0.3, -0.25) is 29.9 Å². The molecule has 0 atom stereocenters. The van der Waals surface area contributed by atoms with Gasteiger partial charge in [-0.15, -0.1) is 0 Å². The first-order valence-electron chi connectivity index (χ1n) is 7.76. The van der Waals surface area contributed by atoms with Gasteiger partial charge >= 0.3 is 11.7 Å². The van der Waals surface area contributed by atoms with Gasteiger partial charge in [0.2, 0.25) is 5.75 Å². The van der Waals surface area contributed by atoms with Gasteiger partial charge in [0.05, 0.1) is 10.6 Å². The molecule has 0 saturated carbocycles. The van der Waals surface area contributed by atoms with Crippen LogP contribution >= 0.6 is 0 Å². The third-order valence-corrected chi connectivity index (χ3v) is 3.65. The molecule has 2 aromatic rings. The SMILES string of the molecule is CC(=O)Oc1ccc(/C=C2/C(=O)NN(c3ccccc3)C2=O)cc1[N+](=O)[O-]. The number of nitro groups is 1. The Kier molecular flexibility index (Phi) is 4.67. The van der Waals surface area contributed by atoms with E-state index in [1.165, 1.54) is 18.2 Å². The smallest absolute Gasteiger partial charge is 0.312 e. The number of hydrogen-bond acceptors (Lipinski definition) is 6. The average molecular weight is 367 g/mol. The van der Waals surface area contributed by atoms with E-state index in [1.54, 1.807) is 30.3 Å². The number of hydrazine groups is 1. The minimum absolute atomic E-state index is 0.173. The maximum Gasteiger partial charge on any atom is 0.312 e. The van der Waals surface area contributed by atoms with Crippen LogP contribution in [0.15, 0.2) is 54.1 Å². The van der Waals surface area contributed by atoms with E-state index in [1.807, 2.05) is 0 Å². The van der Waals surface area contributed by atoms with Gasteiger partial charge in [-0.2, -0.15) is 0 Å². The van der Waals surface area contributed by atoms with Gasteiger partial charge in [-0.25, -0.2) is 5.01 Å². The van der Waals surface area contributed by atoms with Crippen LogP contribution in [0.5, 0.6) is 5.75 Å². The molecule has 1 fully saturated rings. The standard InChI is InChI=1S/C18H13N3O6/c1-11(22)27-16-8-7-12(10-15(16)21(25)26)9-14-17(23)19-20(18(14)24)13-5-3-2-4-6-13/h2-10H,1H3,(H,19,23)/b14-9-. The first-order chi connectivity index (χ1) is 12.9. The van der Waals surface area contributed by atoms with Gasteiger partial charge in [0.1, 0.15) is 5.57 Å². The molecule has 3 rings (SSSR count). The van der Waals surface area contributed by atoms with Crippen LogP contribution in [0.4, 0.5) is 11.4 Å². The van der Waals surface area contributed by atoms with E-state index < -0.39 is 28.4 Å². The molecule has 1 N–H and O–H groups in total. The van der Waals surface area contributed by atoms with Crippen molar-refractivity contribution in [2.75, 3.05) is 5.01 Å². The zero-order valence-corrected chi connectivity index (χ0v) is 14.0. The molecule has 0 unspecified atom stereocenters. The minimum atomic E-state index is -0.715. The van der Waals surface area contributed by atoms with Crippen LogP contribution in [0, 0.1) is 10.1 Å². The predicted molar refractivity (Wildman–Crippen MR) is 94.5 cm³/mol. The summed E-state index contributed by atoms with van der Waals surface area (Å²) in [6.45, 7) is 1.12. The second-order valence-electron chi connectivity index (χ2n) is 5.55. The Morgan fingerprint density at radius 3 is 2.52 bits per heavy atom. The summed E-state index contributed by atoms with van der Waals surface area (Å²) in [7, 11) is 0. The molecule has 0 spiro atoms. The second-order valence-corrected chi connectivity index (χ2v) is 5.55. The third-order valence-electron chi connectivity index (χ3n) is 3.65. The van der Waals surface area contributed by atoms with Crippen molar-refractivity contribution in [2.24, 2.45) is 0 Å². The topological polar surface area (TPSA) is 119 Å². The van der Waals surface area contributed by atoms with Crippen molar-refractivity contribution in [1.29, 1.82) is 0 Å². The van der Waals surface area contributed by atoms with Crippen molar-refractivity contribution < 1.29 is 24.0 Å². The van der Waals surface area contributed by atoms with E-state index in [-0.39, 0.29) is 16.9 Å². The van der Waals surface area contributed by atoms with Crippen molar-refractivity contribution in [3.8, 4) is 5.75 Å². The highest BCUT2D eigenvalue weighted by Gasteiger charge is 2.34. The van der Waals surface area contributed by atoms with Gasteiger partial charge in [0, 0.05) is 13.0 Å². The molecule has 136 valence electrons. The number of amides is 2. The maximum absolute atomic E-state index is 12.5. The lowest BCUT2D eigenvalue weighted by molar-refractivity contribution is -0.385. The zero-order valence-electron chi connectivity index (χ0n) is 14.0. The molecule has 1 heterocycles. The fourth-order valence-electron chi connectivity index (χ4n) is 2.49. The maximum atomic E-state index is 12.5. The van der Waals surface area contributed by atoms with Gasteiger partial charge in [-0.1, -0.05) is 24.3 Å². The number of carbonyl (C=O) groups excluding carboxylic acids is 3. The summed E-state index contributed by atoms with van der Waals surface area (Å²) in [5, 5.41) is 12.3. The highest BCUT2D eigenvalue weighted by Crippen LogP contribution is 2.30. The number of ether oxygens (including phenoxy) is 1. The average Bonchev–Trinajstić information content (AvgIpc) is 2.91. The number of carbonyl (C=O) groups is 3. The molecular weight excluding hydrogens is 354 g/mol. The number of hydrogen-bond donors (Lipinski definition) is 1. The largest absolute Gasteiger partial charge is 0.419 e. The number of nitro benzene ring substituents is 1. The lowest BCUT2D eigenvalue weighted by Crippen LogP contribution is -2.35. The summed E-state index contributed by atoms with van der Waals surface area (Å²) < 4.78 is 4.79. The van der Waals surface area contributed by atoms with E-state index in [2.05, 4.69) is 5.43 Å². The molecule has 9 nitrogen and oxygen atoms in total. The Morgan fingerprint density at radius 2 is 1.89 bits per heavy atom. The number of benzene rings is 2. The second kappa shape index (κ2) is 7.08. The Balaban J connectivity index is 1.95. The van der Waals surface area contributed by atoms with Gasteiger partial charge in [0.15, 0.2) is 0 Å². The first kappa shape index (κ1) is 17.8. The molecule has 1 saturated heterocycles. The summed E-state index contributed by atoms with van der Waals surface area (Å²) in [4.78, 5) is 46.2. The van der Waals surface area contributed by atoms with E-state index >= 15 is 0 Å². The van der Waals surface area contributed by atoms with Crippen LogP contribution in [0.2, 0.25) is 0 Å². The number of nitrogens with zero attached hydrogens (tertiary/aromatic N) is 2. The molecular formula is C18H13N3O6. The normalized spacial score (nSPS) is 15.0. The Morgan fingerprint density at radius 1 is 1.19 bits per heavy atom. The summed E-state index contributed by atoms with van der Waals surface area (Å²) >= 11 is 0. The Labute approximate surface area is 153 Å². The van der Waals surface area contributed by atoms with Crippen molar-refractivity contribution >= 4 is 35.2 Å². The fraction of sp³-hybridized carbons (Fsp3) is 0.0556. The van der Waals surface area contributed by atoms with Crippen LogP contribution in [-0.4, -0.2) is 22.7 Å². The first-order valence-corrected chi connectivity index (χ1v) is 7.76. The summed E-state index contributed by atoms with van der Waals surface area (Å²) in [5.74, 6) is -2.13. The summed E-state index contributed by atoms with van der Waals surface area (Å²) in [5.41, 5.74) is 2.54. The van der Waals surface area contributed by atoms with E-state index in [0.717, 1.165) is 18.0 Å². The number of para-hydroxylation sites is 1. The molecule has 0 aliphatic carbocycles. The minimum Gasteiger partial charge on any atom is -0.419 e. The zero-order chi connectivity index (χ0) is 19.6. The van der Waals surface area contributed by atoms with Gasteiger partial charge in [0.25, 0.3) is 11.8 Å². The van der Waals surface area contributed by atoms with Crippen molar-refractivity contribution in [3.63, 3.8) is 0 Å². The molecule has 9 heteroatoms. The third kappa shape index (κ3) is 3.66. The van der Waals surface area contributed by atoms with Crippen molar-refractivity contribution in [2.45, 2.75) is 6.92 Å². The van der Waals surface area contributed by atoms with E-state index in [9.17, 15) is 24.5 Å². The Bertz CT molecular complexity index is 984. The highest BCUT2D eigenvalue weighted by molar-refractivity contribution is 6.31. The number of nitrogens with one attached hydrogen (secondary N) is 1. The highest BCUT2D eigenvalue weighted by atomic mass is 16.6. The lowest BCUT2D eigenvalue weighted by Gasteiger charge is -2.13. The predicted octanol–water partition coefficient (Wildman–Crippen LogP) is 1.98. The molecule has 2 amide bonds. The quantitative estimate of drug-likeness (QED) is 0.220. The summed E-state index contributed by atoms with van der Waals surface area (Å²) in [6.07, 6.45) is 1.24. The summed E-state index contributed by atoms with van der Waals surface area (Å²) in [6, 6.07) is 12.3. The van der Waals surface area contributed by atoms with E-state index in [4.69, 9.17) is 4.74 Å². The van der Waals surface area contributed by atoms with Crippen LogP contribution < -0.4 is 15.2 Å². The van der Waals surface area contributed by atoms with E-state index in [0.29, 0.717) is 5.69 Å². The molecule has 0 bridgehead atoms. The van der Waals surface area contributed by atoms with Crippen molar-refractivity contribution in [3.05, 3.63) is 69.8 Å². The number of esters is 1. The Hall–Kier alpha value is -4.01. The van der Waals surface area contributed by atoms with Gasteiger partial charge < -0.3 is 4.74 Å². The van der Waals surface area contributed by atoms with Crippen molar-refractivity contribution in [1.82, 2.24) is 5.43 Å². The molecule has 1 aliphatic rings. The monoisotopic (exact) mass is 367 g/mol. The molecule has 0 radical (unpaired) electrons. The molecule has 0 aromatic heterocycles. The van der Waals surface area contributed by atoms with Crippen LogP contribution in [0.3, 0.4) is 0 Å².